The first kappa shape index (κ1) is 15.3. The van der Waals surface area contributed by atoms with Gasteiger partial charge in [-0.15, -0.1) is 0 Å². The maximum atomic E-state index is 12.2. The molecule has 2 fully saturated rings. The van der Waals surface area contributed by atoms with Crippen LogP contribution in [0, 0.1) is 5.41 Å². The molecule has 1 atom stereocenters. The van der Waals surface area contributed by atoms with Gasteiger partial charge >= 0.3 is 5.97 Å². The monoisotopic (exact) mass is 283 g/mol. The first-order valence-corrected chi connectivity index (χ1v) is 7.69. The highest BCUT2D eigenvalue weighted by Crippen LogP contribution is 2.42. The van der Waals surface area contributed by atoms with Gasteiger partial charge in [-0.25, -0.2) is 0 Å². The Labute approximate surface area is 120 Å². The van der Waals surface area contributed by atoms with Gasteiger partial charge in [-0.05, 0) is 31.1 Å². The summed E-state index contributed by atoms with van der Waals surface area (Å²) in [6.45, 7) is 1.35. The average molecular weight is 283 g/mol. The van der Waals surface area contributed by atoms with Crippen LogP contribution >= 0.6 is 0 Å². The molecular weight excluding hydrogens is 258 g/mol. The number of nitrogens with one attached hydrogen (secondary N) is 1. The molecule has 1 aliphatic heterocycles. The molecular formula is C15H25NO4. The SMILES string of the molecule is O=C(O)CC1(CC(=O)NC2CCCOC2)CCCCC1. The molecule has 1 saturated carbocycles. The molecule has 1 amide bonds. The number of hydrogen-bond donors (Lipinski definition) is 2. The smallest absolute Gasteiger partial charge is 0.303 e. The molecule has 0 aromatic rings. The Morgan fingerprint density at radius 2 is 1.90 bits per heavy atom. The number of rotatable bonds is 5. The number of amides is 1. The lowest BCUT2D eigenvalue weighted by Gasteiger charge is -2.36. The van der Waals surface area contributed by atoms with Crippen LogP contribution in [0.3, 0.4) is 0 Å². The normalized spacial score (nSPS) is 25.9. The zero-order valence-electron chi connectivity index (χ0n) is 12.0. The molecule has 114 valence electrons. The molecule has 0 radical (unpaired) electrons. The van der Waals surface area contributed by atoms with Crippen molar-refractivity contribution < 1.29 is 19.4 Å². The van der Waals surface area contributed by atoms with Crippen molar-refractivity contribution in [2.24, 2.45) is 5.41 Å². The second-order valence-corrected chi connectivity index (χ2v) is 6.29. The fourth-order valence-electron chi connectivity index (χ4n) is 3.51. The van der Waals surface area contributed by atoms with E-state index in [0.29, 0.717) is 13.0 Å². The lowest BCUT2D eigenvalue weighted by atomic mass is 9.69. The van der Waals surface area contributed by atoms with Crippen molar-refractivity contribution in [1.29, 1.82) is 0 Å². The van der Waals surface area contributed by atoms with Crippen LogP contribution < -0.4 is 5.32 Å². The topological polar surface area (TPSA) is 75.6 Å². The lowest BCUT2D eigenvalue weighted by Crippen LogP contribution is -2.43. The van der Waals surface area contributed by atoms with Crippen LogP contribution in [-0.2, 0) is 14.3 Å². The van der Waals surface area contributed by atoms with Crippen LogP contribution in [0.15, 0.2) is 0 Å². The Hall–Kier alpha value is -1.10. The first-order chi connectivity index (χ1) is 9.60. The molecule has 5 nitrogen and oxygen atoms in total. The summed E-state index contributed by atoms with van der Waals surface area (Å²) in [5.41, 5.74) is -0.330. The van der Waals surface area contributed by atoms with Crippen molar-refractivity contribution in [3.8, 4) is 0 Å². The van der Waals surface area contributed by atoms with E-state index < -0.39 is 5.97 Å². The molecule has 1 unspecified atom stereocenters. The van der Waals surface area contributed by atoms with Gasteiger partial charge in [-0.1, -0.05) is 19.3 Å². The Kier molecular flexibility index (Phi) is 5.40. The minimum Gasteiger partial charge on any atom is -0.481 e. The zero-order chi connectivity index (χ0) is 14.4. The van der Waals surface area contributed by atoms with Crippen LogP contribution in [0.4, 0.5) is 0 Å². The van der Waals surface area contributed by atoms with Crippen molar-refractivity contribution in [1.82, 2.24) is 5.32 Å². The number of carboxylic acids is 1. The van der Waals surface area contributed by atoms with Gasteiger partial charge in [0.15, 0.2) is 0 Å². The molecule has 2 rings (SSSR count). The summed E-state index contributed by atoms with van der Waals surface area (Å²) in [7, 11) is 0. The molecule has 2 aliphatic rings. The molecule has 1 heterocycles. The van der Waals surface area contributed by atoms with Gasteiger partial charge in [-0.2, -0.15) is 0 Å². The molecule has 2 N–H and O–H groups in total. The molecule has 0 bridgehead atoms. The van der Waals surface area contributed by atoms with Gasteiger partial charge in [-0.3, -0.25) is 9.59 Å². The highest BCUT2D eigenvalue weighted by Gasteiger charge is 2.36. The van der Waals surface area contributed by atoms with E-state index >= 15 is 0 Å². The van der Waals surface area contributed by atoms with E-state index in [1.54, 1.807) is 0 Å². The summed E-state index contributed by atoms with van der Waals surface area (Å²) in [6.07, 6.45) is 7.32. The molecule has 5 heteroatoms. The fourth-order valence-corrected chi connectivity index (χ4v) is 3.51. The van der Waals surface area contributed by atoms with Crippen LogP contribution in [0.5, 0.6) is 0 Å². The van der Waals surface area contributed by atoms with Crippen molar-refractivity contribution in [2.75, 3.05) is 13.2 Å². The summed E-state index contributed by atoms with van der Waals surface area (Å²) in [4.78, 5) is 23.3. The number of carboxylic acid groups (broad SMARTS) is 1. The average Bonchev–Trinajstić information content (AvgIpc) is 2.39. The Balaban J connectivity index is 1.89. The lowest BCUT2D eigenvalue weighted by molar-refractivity contribution is -0.141. The highest BCUT2D eigenvalue weighted by atomic mass is 16.5. The van der Waals surface area contributed by atoms with E-state index in [2.05, 4.69) is 5.32 Å². The second kappa shape index (κ2) is 7.07. The third-order valence-corrected chi connectivity index (χ3v) is 4.50. The standard InChI is InChI=1S/C15H25NO4/c17-13(16-12-5-4-8-20-11-12)9-15(10-14(18)19)6-2-1-3-7-15/h12H,1-11H2,(H,16,17)(H,18,19). The van der Waals surface area contributed by atoms with E-state index in [1.807, 2.05) is 0 Å². The second-order valence-electron chi connectivity index (χ2n) is 6.29. The van der Waals surface area contributed by atoms with E-state index in [4.69, 9.17) is 9.84 Å². The van der Waals surface area contributed by atoms with E-state index in [9.17, 15) is 9.59 Å². The van der Waals surface area contributed by atoms with Crippen molar-refractivity contribution in [3.05, 3.63) is 0 Å². The summed E-state index contributed by atoms with van der Waals surface area (Å²) >= 11 is 0. The molecule has 0 aromatic heterocycles. The summed E-state index contributed by atoms with van der Waals surface area (Å²) in [5.74, 6) is -0.802. The van der Waals surface area contributed by atoms with Crippen molar-refractivity contribution in [2.45, 2.75) is 63.8 Å². The van der Waals surface area contributed by atoms with Crippen molar-refractivity contribution in [3.63, 3.8) is 0 Å². The number of carbonyl (C=O) groups is 2. The number of hydrogen-bond acceptors (Lipinski definition) is 3. The van der Waals surface area contributed by atoms with Crippen molar-refractivity contribution >= 4 is 11.9 Å². The molecule has 1 saturated heterocycles. The Bertz CT molecular complexity index is 344. The Morgan fingerprint density at radius 3 is 2.50 bits per heavy atom. The molecule has 0 spiro atoms. The summed E-state index contributed by atoms with van der Waals surface area (Å²) < 4.78 is 5.35. The third-order valence-electron chi connectivity index (χ3n) is 4.50. The van der Waals surface area contributed by atoms with Crippen LogP contribution in [0.1, 0.15) is 57.8 Å². The van der Waals surface area contributed by atoms with Gasteiger partial charge in [0, 0.05) is 13.0 Å². The fraction of sp³-hybridized carbons (Fsp3) is 0.867. The van der Waals surface area contributed by atoms with Gasteiger partial charge < -0.3 is 15.2 Å². The predicted octanol–water partition coefficient (Wildman–Crippen LogP) is 2.10. The van der Waals surface area contributed by atoms with Crippen LogP contribution in [0.2, 0.25) is 0 Å². The predicted molar refractivity (Wildman–Crippen MR) is 74.4 cm³/mol. The van der Waals surface area contributed by atoms with Gasteiger partial charge in [0.2, 0.25) is 5.91 Å². The van der Waals surface area contributed by atoms with E-state index in [-0.39, 0.29) is 23.8 Å². The molecule has 0 aromatic carbocycles. The zero-order valence-corrected chi connectivity index (χ0v) is 12.0. The Morgan fingerprint density at radius 1 is 1.15 bits per heavy atom. The largest absolute Gasteiger partial charge is 0.481 e. The van der Waals surface area contributed by atoms with Crippen LogP contribution in [-0.4, -0.2) is 36.2 Å². The molecule has 20 heavy (non-hydrogen) atoms. The molecule has 1 aliphatic carbocycles. The van der Waals surface area contributed by atoms with E-state index in [0.717, 1.165) is 51.6 Å². The van der Waals surface area contributed by atoms with Gasteiger partial charge in [0.05, 0.1) is 19.1 Å². The maximum Gasteiger partial charge on any atom is 0.303 e. The quantitative estimate of drug-likeness (QED) is 0.810. The maximum absolute atomic E-state index is 12.2. The third kappa shape index (κ3) is 4.47. The summed E-state index contributed by atoms with van der Waals surface area (Å²) in [6, 6.07) is 0.0988. The number of carbonyl (C=O) groups excluding carboxylic acids is 1. The summed E-state index contributed by atoms with van der Waals surface area (Å²) in [5, 5.41) is 12.1. The first-order valence-electron chi connectivity index (χ1n) is 7.69. The minimum absolute atomic E-state index is 0.0105. The highest BCUT2D eigenvalue weighted by molar-refractivity contribution is 5.78. The van der Waals surface area contributed by atoms with Gasteiger partial charge in [0.1, 0.15) is 0 Å². The minimum atomic E-state index is -0.791. The number of ether oxygens (including phenoxy) is 1. The number of aliphatic carboxylic acids is 1. The van der Waals surface area contributed by atoms with E-state index in [1.165, 1.54) is 0 Å². The van der Waals surface area contributed by atoms with Crippen LogP contribution in [0.25, 0.3) is 0 Å². The van der Waals surface area contributed by atoms with Gasteiger partial charge in [0.25, 0.3) is 0 Å².